The summed E-state index contributed by atoms with van der Waals surface area (Å²) in [5.41, 5.74) is -1.39. The third-order valence-electron chi connectivity index (χ3n) is 2.86. The molecule has 1 aliphatic heterocycles. The van der Waals surface area contributed by atoms with Crippen LogP contribution in [0.2, 0.25) is 0 Å². The number of Topliss-reactive ketones (excluding diaryl/α,β-unsaturated/α-hetero) is 2. The monoisotopic (exact) mass is 192 g/mol. The van der Waals surface area contributed by atoms with Crippen LogP contribution in [-0.4, -0.2) is 23.6 Å². The van der Waals surface area contributed by atoms with E-state index in [4.69, 9.17) is 4.74 Å². The Kier molecular flexibility index (Phi) is 2.43. The van der Waals surface area contributed by atoms with Crippen molar-refractivity contribution in [1.82, 2.24) is 0 Å². The molecule has 66 valence electrons. The van der Waals surface area contributed by atoms with Gasteiger partial charge in [0.1, 0.15) is 6.10 Å². The van der Waals surface area contributed by atoms with Crippen LogP contribution in [0, 0.1) is 11.3 Å². The molecular formula is C8H9NaO4. The smallest absolute Gasteiger partial charge is 1.00 e. The number of ketones is 2. The van der Waals surface area contributed by atoms with Crippen molar-refractivity contribution in [3.05, 3.63) is 0 Å². The molecule has 1 saturated carbocycles. The summed E-state index contributed by atoms with van der Waals surface area (Å²) in [6, 6.07) is 0. The minimum Gasteiger partial charge on any atom is -1.00 e. The molecule has 0 aromatic heterocycles. The summed E-state index contributed by atoms with van der Waals surface area (Å²) in [5.74, 6) is -2.11. The van der Waals surface area contributed by atoms with Gasteiger partial charge in [-0.2, -0.15) is 0 Å². The Morgan fingerprint density at radius 3 is 1.85 bits per heavy atom. The number of rotatable bonds is 0. The predicted octanol–water partition coefficient (Wildman–Crippen LogP) is -3.18. The number of hydrogen-bond acceptors (Lipinski definition) is 4. The Morgan fingerprint density at radius 2 is 1.69 bits per heavy atom. The van der Waals surface area contributed by atoms with Crippen molar-refractivity contribution in [2.45, 2.75) is 20.0 Å². The predicted molar refractivity (Wildman–Crippen MR) is 38.3 cm³/mol. The minimum atomic E-state index is -1.39. The Labute approximate surface area is 98.8 Å². The molecule has 0 amide bonds. The van der Waals surface area contributed by atoms with Gasteiger partial charge in [-0.25, -0.2) is 0 Å². The molecule has 2 aliphatic rings. The first-order valence-electron chi connectivity index (χ1n) is 3.83. The molecular weight excluding hydrogens is 183 g/mol. The topological polar surface area (TPSA) is 60.4 Å². The summed E-state index contributed by atoms with van der Waals surface area (Å²) in [7, 11) is 0. The molecule has 4 nitrogen and oxygen atoms in total. The van der Waals surface area contributed by atoms with Gasteiger partial charge in [-0.15, -0.1) is 0 Å². The fourth-order valence-corrected chi connectivity index (χ4v) is 1.75. The number of hydrogen-bond donors (Lipinski definition) is 0. The van der Waals surface area contributed by atoms with Crippen molar-refractivity contribution in [3.63, 3.8) is 0 Å². The van der Waals surface area contributed by atoms with Gasteiger partial charge in [0.2, 0.25) is 17.0 Å². The average molecular weight is 192 g/mol. The van der Waals surface area contributed by atoms with Crippen LogP contribution < -0.4 is 29.6 Å². The number of esters is 1. The van der Waals surface area contributed by atoms with Gasteiger partial charge in [0.15, 0.2) is 0 Å². The van der Waals surface area contributed by atoms with E-state index in [1.54, 1.807) is 13.8 Å². The molecule has 13 heavy (non-hydrogen) atoms. The van der Waals surface area contributed by atoms with Crippen LogP contribution in [0.3, 0.4) is 0 Å². The standard InChI is InChI=1S/C8H8O4.Na.H/c1-3-4(2)12-7(11)8(3)5(9)6(8)10;;/h3-4H,1-2H3;;/q;+1;-1. The molecule has 0 aromatic carbocycles. The molecule has 0 radical (unpaired) electrons. The zero-order chi connectivity index (χ0) is 9.09. The molecule has 0 bridgehead atoms. The second-order valence-electron chi connectivity index (χ2n) is 3.37. The molecule has 1 saturated heterocycles. The summed E-state index contributed by atoms with van der Waals surface area (Å²) in [5, 5.41) is 0. The van der Waals surface area contributed by atoms with Gasteiger partial charge in [-0.05, 0) is 6.92 Å². The fourth-order valence-electron chi connectivity index (χ4n) is 1.75. The Hall–Kier alpha value is -0.190. The van der Waals surface area contributed by atoms with Crippen molar-refractivity contribution < 1.29 is 50.1 Å². The molecule has 2 unspecified atom stereocenters. The van der Waals surface area contributed by atoms with Crippen LogP contribution in [0.25, 0.3) is 0 Å². The van der Waals surface area contributed by atoms with Crippen molar-refractivity contribution in [1.29, 1.82) is 0 Å². The molecule has 0 N–H and O–H groups in total. The Balaban J connectivity index is 0.000000845. The van der Waals surface area contributed by atoms with E-state index in [-0.39, 0.29) is 43.0 Å². The normalized spacial score (nSPS) is 34.5. The van der Waals surface area contributed by atoms with E-state index in [1.165, 1.54) is 0 Å². The second-order valence-corrected chi connectivity index (χ2v) is 3.37. The van der Waals surface area contributed by atoms with Crippen molar-refractivity contribution in [3.8, 4) is 0 Å². The number of cyclic esters (lactones) is 1. The van der Waals surface area contributed by atoms with E-state index in [2.05, 4.69) is 0 Å². The zero-order valence-electron chi connectivity index (χ0n) is 8.79. The maximum absolute atomic E-state index is 11.1. The summed E-state index contributed by atoms with van der Waals surface area (Å²) in [6.45, 7) is 3.38. The van der Waals surface area contributed by atoms with Crippen molar-refractivity contribution in [2.24, 2.45) is 11.3 Å². The maximum atomic E-state index is 11.1. The third-order valence-corrected chi connectivity index (χ3v) is 2.86. The summed E-state index contributed by atoms with van der Waals surface area (Å²) in [4.78, 5) is 33.1. The van der Waals surface area contributed by atoms with Crippen LogP contribution in [-0.2, 0) is 19.1 Å². The summed E-state index contributed by atoms with van der Waals surface area (Å²) < 4.78 is 4.81. The third kappa shape index (κ3) is 0.994. The first-order valence-corrected chi connectivity index (χ1v) is 3.83. The first-order chi connectivity index (χ1) is 5.52. The van der Waals surface area contributed by atoms with Crippen LogP contribution >= 0.6 is 0 Å². The van der Waals surface area contributed by atoms with Gasteiger partial charge in [0, 0.05) is 5.92 Å². The van der Waals surface area contributed by atoms with Crippen molar-refractivity contribution in [2.75, 3.05) is 0 Å². The van der Waals surface area contributed by atoms with Crippen LogP contribution in [0.15, 0.2) is 0 Å². The van der Waals surface area contributed by atoms with E-state index in [1.807, 2.05) is 0 Å². The maximum Gasteiger partial charge on any atom is 1.00 e. The Morgan fingerprint density at radius 1 is 1.23 bits per heavy atom. The number of carbonyl (C=O) groups excluding carboxylic acids is 3. The molecule has 2 fully saturated rings. The van der Waals surface area contributed by atoms with Gasteiger partial charge in [0.05, 0.1) is 0 Å². The van der Waals surface area contributed by atoms with Gasteiger partial charge in [-0.1, -0.05) is 6.92 Å². The van der Waals surface area contributed by atoms with Gasteiger partial charge in [-0.3, -0.25) is 14.4 Å². The quantitative estimate of drug-likeness (QED) is 0.176. The molecule has 1 heterocycles. The zero-order valence-corrected chi connectivity index (χ0v) is 9.79. The van der Waals surface area contributed by atoms with Gasteiger partial charge in [0.25, 0.3) is 0 Å². The SMILES string of the molecule is CC1OC(=O)C2(C(=O)C2=O)C1C.[H-].[Na+]. The van der Waals surface area contributed by atoms with Crippen molar-refractivity contribution >= 4 is 17.5 Å². The Bertz CT molecular complexity index is 300. The van der Waals surface area contributed by atoms with E-state index in [0.717, 1.165) is 0 Å². The van der Waals surface area contributed by atoms with Gasteiger partial charge >= 0.3 is 35.5 Å². The molecule has 5 heteroatoms. The van der Waals surface area contributed by atoms with E-state index in [0.29, 0.717) is 0 Å². The second kappa shape index (κ2) is 2.90. The molecule has 1 aliphatic carbocycles. The summed E-state index contributed by atoms with van der Waals surface area (Å²) in [6.07, 6.45) is -0.326. The largest absolute Gasteiger partial charge is 1.00 e. The number of ether oxygens (including phenoxy) is 1. The first kappa shape index (κ1) is 10.9. The average Bonchev–Trinajstić information content (AvgIpc) is 2.46. The molecule has 2 atom stereocenters. The van der Waals surface area contributed by atoms with Gasteiger partial charge < -0.3 is 6.16 Å². The number of carbonyl (C=O) groups is 3. The van der Waals surface area contributed by atoms with E-state index < -0.39 is 23.0 Å². The van der Waals surface area contributed by atoms with Crippen LogP contribution in [0.1, 0.15) is 15.3 Å². The molecule has 2 rings (SSSR count). The van der Waals surface area contributed by atoms with E-state index >= 15 is 0 Å². The van der Waals surface area contributed by atoms with E-state index in [9.17, 15) is 14.4 Å². The van der Waals surface area contributed by atoms with Crippen LogP contribution in [0.4, 0.5) is 0 Å². The van der Waals surface area contributed by atoms with Crippen LogP contribution in [0.5, 0.6) is 0 Å². The summed E-state index contributed by atoms with van der Waals surface area (Å²) >= 11 is 0. The molecule has 0 aromatic rings. The minimum absolute atomic E-state index is 0. The molecule has 1 spiro atoms. The fraction of sp³-hybridized carbons (Fsp3) is 0.625.